The minimum Gasteiger partial charge on any atom is -0.489 e. The van der Waals surface area contributed by atoms with Gasteiger partial charge < -0.3 is 20.1 Å². The number of allylic oxidation sites excluding steroid dienone is 1. The van der Waals surface area contributed by atoms with Gasteiger partial charge in [-0.25, -0.2) is 9.59 Å². The Labute approximate surface area is 185 Å². The van der Waals surface area contributed by atoms with Crippen molar-refractivity contribution in [3.05, 3.63) is 74.9 Å². The van der Waals surface area contributed by atoms with Crippen molar-refractivity contribution < 1.29 is 19.1 Å². The van der Waals surface area contributed by atoms with Gasteiger partial charge in [-0.2, -0.15) is 0 Å². The van der Waals surface area contributed by atoms with Crippen LogP contribution in [0.15, 0.2) is 53.7 Å². The number of halogens is 2. The van der Waals surface area contributed by atoms with Gasteiger partial charge >= 0.3 is 12.0 Å². The summed E-state index contributed by atoms with van der Waals surface area (Å²) >= 11 is 12.0. The molecular weight excluding hydrogens is 427 g/mol. The molecule has 0 bridgehead atoms. The molecule has 6 nitrogen and oxygen atoms in total. The Morgan fingerprint density at radius 1 is 1.13 bits per heavy atom. The minimum absolute atomic E-state index is 0.291. The van der Waals surface area contributed by atoms with Crippen LogP contribution in [0.4, 0.5) is 4.79 Å². The summed E-state index contributed by atoms with van der Waals surface area (Å²) in [5, 5.41) is 6.47. The molecule has 30 heavy (non-hydrogen) atoms. The van der Waals surface area contributed by atoms with Crippen LogP contribution in [-0.2, 0) is 16.1 Å². The number of hydrogen-bond donors (Lipinski definition) is 2. The molecule has 1 aliphatic heterocycles. The average Bonchev–Trinajstić information content (AvgIpc) is 2.74. The van der Waals surface area contributed by atoms with Crippen LogP contribution in [0.3, 0.4) is 0 Å². The van der Waals surface area contributed by atoms with Crippen molar-refractivity contribution in [1.29, 1.82) is 0 Å². The maximum atomic E-state index is 12.5. The van der Waals surface area contributed by atoms with Gasteiger partial charge in [0.15, 0.2) is 0 Å². The molecule has 1 heterocycles. The Balaban J connectivity index is 1.87. The summed E-state index contributed by atoms with van der Waals surface area (Å²) in [7, 11) is 1.32. The summed E-state index contributed by atoms with van der Waals surface area (Å²) in [4.78, 5) is 24.7. The molecule has 3 rings (SSSR count). The van der Waals surface area contributed by atoms with Crippen molar-refractivity contribution in [3.63, 3.8) is 0 Å². The summed E-state index contributed by atoms with van der Waals surface area (Å²) in [5.41, 5.74) is 2.54. The maximum absolute atomic E-state index is 12.5. The predicted molar refractivity (Wildman–Crippen MR) is 116 cm³/mol. The molecule has 0 saturated heterocycles. The monoisotopic (exact) mass is 448 g/mol. The molecule has 0 saturated carbocycles. The van der Waals surface area contributed by atoms with E-state index in [1.165, 1.54) is 7.11 Å². The Bertz CT molecular complexity index is 991. The predicted octanol–water partition coefficient (Wildman–Crippen LogP) is 5.15. The molecule has 0 fully saturated rings. The zero-order valence-corrected chi connectivity index (χ0v) is 18.1. The van der Waals surface area contributed by atoms with Crippen LogP contribution in [0.2, 0.25) is 10.0 Å². The molecule has 0 aromatic heterocycles. The number of hydrogen-bond acceptors (Lipinski definition) is 4. The molecule has 1 aliphatic rings. The number of amides is 2. The highest BCUT2D eigenvalue weighted by Crippen LogP contribution is 2.31. The second-order valence-electron chi connectivity index (χ2n) is 6.77. The van der Waals surface area contributed by atoms with Crippen LogP contribution < -0.4 is 15.4 Å². The molecule has 2 aromatic rings. The zero-order valence-electron chi connectivity index (χ0n) is 16.6. The fraction of sp³-hybridized carbons (Fsp3) is 0.273. The summed E-state index contributed by atoms with van der Waals surface area (Å²) in [6, 6.07) is 11.5. The number of methoxy groups -OCH3 is 1. The highest BCUT2D eigenvalue weighted by Gasteiger charge is 2.33. The van der Waals surface area contributed by atoms with E-state index in [9.17, 15) is 9.59 Å². The standard InChI is InChI=1S/C22H22Cl2N2O4/c1-3-5-18-19(21(27)29-2)20(26-22(28)25-18)14-6-4-7-15(11-14)30-12-13-8-9-16(23)17(24)10-13/h4,6-11,20H,3,5,12H2,1-2H3,(H2,25,26,28). The molecule has 0 radical (unpaired) electrons. The second kappa shape index (κ2) is 9.87. The smallest absolute Gasteiger partial charge is 0.337 e. The number of urea groups is 1. The van der Waals surface area contributed by atoms with E-state index >= 15 is 0 Å². The van der Waals surface area contributed by atoms with Gasteiger partial charge in [0.1, 0.15) is 12.4 Å². The van der Waals surface area contributed by atoms with Crippen LogP contribution in [0.25, 0.3) is 0 Å². The second-order valence-corrected chi connectivity index (χ2v) is 7.59. The molecular formula is C22H22Cl2N2O4. The van der Waals surface area contributed by atoms with Crippen LogP contribution in [-0.4, -0.2) is 19.1 Å². The third-order valence-corrected chi connectivity index (χ3v) is 5.38. The van der Waals surface area contributed by atoms with Gasteiger partial charge in [-0.05, 0) is 41.8 Å². The molecule has 1 atom stereocenters. The van der Waals surface area contributed by atoms with Gasteiger partial charge in [0.25, 0.3) is 0 Å². The van der Waals surface area contributed by atoms with Crippen LogP contribution in [0, 0.1) is 0 Å². The van der Waals surface area contributed by atoms with E-state index < -0.39 is 12.0 Å². The lowest BCUT2D eigenvalue weighted by Gasteiger charge is -2.29. The van der Waals surface area contributed by atoms with Gasteiger partial charge in [0, 0.05) is 5.70 Å². The number of carbonyl (C=O) groups is 2. The van der Waals surface area contributed by atoms with E-state index in [-0.39, 0.29) is 6.03 Å². The Kier molecular flexibility index (Phi) is 7.24. The SMILES string of the molecule is CCCC1=C(C(=O)OC)C(c2cccc(OCc3ccc(Cl)c(Cl)c3)c2)NC(=O)N1. The van der Waals surface area contributed by atoms with Crippen molar-refractivity contribution in [3.8, 4) is 5.75 Å². The summed E-state index contributed by atoms with van der Waals surface area (Å²) < 4.78 is 10.8. The molecule has 2 amide bonds. The van der Waals surface area contributed by atoms with E-state index in [0.717, 1.165) is 12.0 Å². The topological polar surface area (TPSA) is 76.7 Å². The number of rotatable bonds is 7. The van der Waals surface area contributed by atoms with E-state index in [0.29, 0.717) is 45.7 Å². The molecule has 158 valence electrons. The van der Waals surface area contributed by atoms with Gasteiger partial charge in [-0.3, -0.25) is 0 Å². The summed E-state index contributed by atoms with van der Waals surface area (Å²) in [5.74, 6) is 0.102. The van der Waals surface area contributed by atoms with Gasteiger partial charge in [-0.1, -0.05) is 54.7 Å². The van der Waals surface area contributed by atoms with E-state index in [2.05, 4.69) is 10.6 Å². The zero-order chi connectivity index (χ0) is 21.7. The highest BCUT2D eigenvalue weighted by atomic mass is 35.5. The molecule has 2 N–H and O–H groups in total. The Morgan fingerprint density at radius 2 is 1.93 bits per heavy atom. The van der Waals surface area contributed by atoms with E-state index in [1.807, 2.05) is 25.1 Å². The number of carbonyl (C=O) groups excluding carboxylic acids is 2. The largest absolute Gasteiger partial charge is 0.489 e. The Hall–Kier alpha value is -2.70. The van der Waals surface area contributed by atoms with Crippen molar-refractivity contribution in [2.24, 2.45) is 0 Å². The third kappa shape index (κ3) is 5.07. The lowest BCUT2D eigenvalue weighted by atomic mass is 9.93. The van der Waals surface area contributed by atoms with Gasteiger partial charge in [0.2, 0.25) is 0 Å². The first kappa shape index (κ1) is 22.0. The van der Waals surface area contributed by atoms with E-state index in [4.69, 9.17) is 32.7 Å². The highest BCUT2D eigenvalue weighted by molar-refractivity contribution is 6.42. The number of nitrogens with one attached hydrogen (secondary N) is 2. The van der Waals surface area contributed by atoms with Crippen LogP contribution in [0.5, 0.6) is 5.75 Å². The van der Waals surface area contributed by atoms with Crippen molar-refractivity contribution >= 4 is 35.2 Å². The normalized spacial score (nSPS) is 16.0. The van der Waals surface area contributed by atoms with Gasteiger partial charge in [-0.15, -0.1) is 0 Å². The lowest BCUT2D eigenvalue weighted by molar-refractivity contribution is -0.136. The first-order chi connectivity index (χ1) is 14.4. The first-order valence-electron chi connectivity index (χ1n) is 9.48. The van der Waals surface area contributed by atoms with Crippen molar-refractivity contribution in [2.45, 2.75) is 32.4 Å². The molecule has 0 spiro atoms. The molecule has 1 unspecified atom stereocenters. The van der Waals surface area contributed by atoms with Crippen LogP contribution >= 0.6 is 23.2 Å². The summed E-state index contributed by atoms with van der Waals surface area (Å²) in [6.45, 7) is 2.27. The third-order valence-electron chi connectivity index (χ3n) is 4.64. The Morgan fingerprint density at radius 3 is 2.63 bits per heavy atom. The van der Waals surface area contributed by atoms with E-state index in [1.54, 1.807) is 24.3 Å². The number of ether oxygens (including phenoxy) is 2. The lowest BCUT2D eigenvalue weighted by Crippen LogP contribution is -2.45. The number of benzene rings is 2. The maximum Gasteiger partial charge on any atom is 0.337 e. The fourth-order valence-corrected chi connectivity index (χ4v) is 3.57. The minimum atomic E-state index is -0.638. The molecule has 0 aliphatic carbocycles. The van der Waals surface area contributed by atoms with Crippen molar-refractivity contribution in [2.75, 3.05) is 7.11 Å². The van der Waals surface area contributed by atoms with Crippen LogP contribution in [0.1, 0.15) is 36.9 Å². The molecule has 2 aromatic carbocycles. The van der Waals surface area contributed by atoms with Crippen molar-refractivity contribution in [1.82, 2.24) is 10.6 Å². The first-order valence-corrected chi connectivity index (χ1v) is 10.2. The molecule has 8 heteroatoms. The fourth-order valence-electron chi connectivity index (χ4n) is 3.25. The summed E-state index contributed by atoms with van der Waals surface area (Å²) in [6.07, 6.45) is 1.33. The average molecular weight is 449 g/mol. The quantitative estimate of drug-likeness (QED) is 0.573. The van der Waals surface area contributed by atoms with Gasteiger partial charge in [0.05, 0.1) is 28.8 Å². The number of esters is 1.